The second-order valence-corrected chi connectivity index (χ2v) is 8.64. The Bertz CT molecular complexity index is 1200. The summed E-state index contributed by atoms with van der Waals surface area (Å²) in [5.41, 5.74) is 3.98. The number of nitrogens with one attached hydrogen (secondary N) is 1. The van der Waals surface area contributed by atoms with E-state index in [4.69, 9.17) is 16.6 Å². The lowest BCUT2D eigenvalue weighted by Gasteiger charge is -2.15. The van der Waals surface area contributed by atoms with Crippen LogP contribution in [0, 0.1) is 0 Å². The molecule has 0 saturated carbocycles. The van der Waals surface area contributed by atoms with Gasteiger partial charge in [0.25, 0.3) is 0 Å². The maximum atomic E-state index is 12.9. The molecule has 0 spiro atoms. The lowest BCUT2D eigenvalue weighted by atomic mass is 10.0. The molecule has 3 aromatic carbocycles. The van der Waals surface area contributed by atoms with E-state index in [1.54, 1.807) is 24.3 Å². The van der Waals surface area contributed by atoms with Crippen LogP contribution in [0.3, 0.4) is 0 Å². The number of benzene rings is 3. The molecule has 1 heterocycles. The molecule has 0 saturated heterocycles. The number of carbonyl (C=O) groups excluding carboxylic acids is 1. The number of hydrogen-bond acceptors (Lipinski definition) is 5. The van der Waals surface area contributed by atoms with Crippen LogP contribution < -0.4 is 5.32 Å². The summed E-state index contributed by atoms with van der Waals surface area (Å²) in [6, 6.07) is 26.8. The third-order valence-corrected chi connectivity index (χ3v) is 6.22. The van der Waals surface area contributed by atoms with Gasteiger partial charge in [-0.1, -0.05) is 97.0 Å². The number of nitrogens with zero attached hydrogens (tertiary/aromatic N) is 3. The zero-order chi connectivity index (χ0) is 22.3. The van der Waals surface area contributed by atoms with Crippen molar-refractivity contribution in [2.24, 2.45) is 0 Å². The molecule has 0 fully saturated rings. The minimum atomic E-state index is -0.373. The molecule has 32 heavy (non-hydrogen) atoms. The predicted molar refractivity (Wildman–Crippen MR) is 131 cm³/mol. The van der Waals surface area contributed by atoms with E-state index >= 15 is 0 Å². The molecule has 7 heteroatoms. The van der Waals surface area contributed by atoms with Gasteiger partial charge in [0.2, 0.25) is 11.1 Å². The van der Waals surface area contributed by atoms with Gasteiger partial charge >= 0.3 is 0 Å². The van der Waals surface area contributed by atoms with E-state index in [-0.39, 0.29) is 11.2 Å². The molecule has 4 rings (SSSR count). The Balaban J connectivity index is 1.62. The van der Waals surface area contributed by atoms with E-state index in [9.17, 15) is 4.79 Å². The summed E-state index contributed by atoms with van der Waals surface area (Å²) in [5.74, 6) is -0.128. The first kappa shape index (κ1) is 22.0. The molecule has 1 aromatic heterocycles. The molecule has 160 valence electrons. The van der Waals surface area contributed by atoms with Crippen LogP contribution in [0.2, 0.25) is 5.02 Å². The monoisotopic (exact) mass is 460 g/mol. The smallest absolute Gasteiger partial charge is 0.237 e. The van der Waals surface area contributed by atoms with Gasteiger partial charge in [0, 0.05) is 21.8 Å². The number of rotatable bonds is 7. The molecule has 0 aliphatic heterocycles. The Kier molecular flexibility index (Phi) is 7.14. The number of aromatic nitrogens is 3. The van der Waals surface area contributed by atoms with Crippen molar-refractivity contribution < 1.29 is 4.79 Å². The minimum absolute atomic E-state index is 0.128. The maximum absolute atomic E-state index is 12.9. The van der Waals surface area contributed by atoms with Crippen molar-refractivity contribution in [3.63, 3.8) is 0 Å². The Hall–Kier alpha value is -3.22. The van der Waals surface area contributed by atoms with Crippen LogP contribution >= 0.6 is 23.4 Å². The topological polar surface area (TPSA) is 67.8 Å². The third kappa shape index (κ3) is 5.33. The zero-order valence-electron chi connectivity index (χ0n) is 17.4. The average molecular weight is 461 g/mol. The summed E-state index contributed by atoms with van der Waals surface area (Å²) in [7, 11) is 0. The lowest BCUT2D eigenvalue weighted by Crippen LogP contribution is -2.25. The van der Waals surface area contributed by atoms with E-state index in [2.05, 4.69) is 15.5 Å². The molecule has 1 N–H and O–H groups in total. The molecule has 0 bridgehead atoms. The summed E-state index contributed by atoms with van der Waals surface area (Å²) >= 11 is 7.33. The van der Waals surface area contributed by atoms with Crippen molar-refractivity contribution in [2.75, 3.05) is 5.32 Å². The van der Waals surface area contributed by atoms with E-state index < -0.39 is 0 Å². The van der Waals surface area contributed by atoms with E-state index in [0.717, 1.165) is 16.8 Å². The van der Waals surface area contributed by atoms with Gasteiger partial charge in [0.15, 0.2) is 0 Å². The zero-order valence-corrected chi connectivity index (χ0v) is 19.0. The Morgan fingerprint density at radius 2 is 1.56 bits per heavy atom. The van der Waals surface area contributed by atoms with Gasteiger partial charge < -0.3 is 5.32 Å². The molecule has 0 unspecified atom stereocenters. The Morgan fingerprint density at radius 1 is 0.906 bits per heavy atom. The van der Waals surface area contributed by atoms with Crippen LogP contribution in [0.5, 0.6) is 0 Å². The molecule has 1 amide bonds. The van der Waals surface area contributed by atoms with Gasteiger partial charge in [-0.2, -0.15) is 0 Å². The van der Waals surface area contributed by atoms with E-state index in [1.807, 2.05) is 67.6 Å². The number of thioether (sulfide) groups is 1. The predicted octanol–water partition coefficient (Wildman–Crippen LogP) is 6.37. The normalized spacial score (nSPS) is 11.7. The summed E-state index contributed by atoms with van der Waals surface area (Å²) in [5, 5.41) is 12.4. The highest BCUT2D eigenvalue weighted by Gasteiger charge is 2.22. The summed E-state index contributed by atoms with van der Waals surface area (Å²) in [4.78, 5) is 17.7. The van der Waals surface area contributed by atoms with Crippen molar-refractivity contribution >= 4 is 35.0 Å². The number of halogens is 1. The van der Waals surface area contributed by atoms with Crippen LogP contribution in [0.25, 0.3) is 22.5 Å². The first-order chi connectivity index (χ1) is 15.6. The van der Waals surface area contributed by atoms with Crippen LogP contribution in [-0.2, 0) is 4.79 Å². The van der Waals surface area contributed by atoms with Gasteiger partial charge in [-0.25, -0.2) is 4.98 Å². The fourth-order valence-corrected chi connectivity index (χ4v) is 4.20. The number of anilines is 1. The van der Waals surface area contributed by atoms with Gasteiger partial charge in [0.1, 0.15) is 11.4 Å². The van der Waals surface area contributed by atoms with Crippen LogP contribution in [-0.4, -0.2) is 26.3 Å². The van der Waals surface area contributed by atoms with E-state index in [1.165, 1.54) is 11.8 Å². The Morgan fingerprint density at radius 3 is 2.19 bits per heavy atom. The summed E-state index contributed by atoms with van der Waals surface area (Å²) < 4.78 is 0. The van der Waals surface area contributed by atoms with E-state index in [0.29, 0.717) is 28.0 Å². The fourth-order valence-electron chi connectivity index (χ4n) is 3.19. The van der Waals surface area contributed by atoms with Crippen LogP contribution in [0.1, 0.15) is 13.3 Å². The minimum Gasteiger partial charge on any atom is -0.325 e. The fraction of sp³-hybridized carbons (Fsp3) is 0.120. The quantitative estimate of drug-likeness (QED) is 0.324. The second kappa shape index (κ2) is 10.4. The summed E-state index contributed by atoms with van der Waals surface area (Å²) in [6.45, 7) is 1.96. The first-order valence-corrected chi connectivity index (χ1v) is 11.5. The van der Waals surface area contributed by atoms with Crippen molar-refractivity contribution in [2.45, 2.75) is 23.8 Å². The molecule has 4 aromatic rings. The average Bonchev–Trinajstić information content (AvgIpc) is 2.83. The van der Waals surface area contributed by atoms with Gasteiger partial charge in [-0.15, -0.1) is 10.2 Å². The largest absolute Gasteiger partial charge is 0.325 e. The molecule has 1 atom stereocenters. The lowest BCUT2D eigenvalue weighted by molar-refractivity contribution is -0.115. The Labute approximate surface area is 196 Å². The number of carbonyl (C=O) groups is 1. The number of amides is 1. The molecular weight excluding hydrogens is 440 g/mol. The highest BCUT2D eigenvalue weighted by molar-refractivity contribution is 8.00. The van der Waals surface area contributed by atoms with Crippen molar-refractivity contribution in [1.82, 2.24) is 15.2 Å². The molecular formula is C25H21ClN4OS. The highest BCUT2D eigenvalue weighted by Crippen LogP contribution is 2.31. The second-order valence-electron chi connectivity index (χ2n) is 7.04. The first-order valence-electron chi connectivity index (χ1n) is 10.2. The third-order valence-electron chi connectivity index (χ3n) is 4.76. The summed E-state index contributed by atoms with van der Waals surface area (Å²) in [6.07, 6.45) is 0.613. The number of hydrogen-bond donors (Lipinski definition) is 1. The molecule has 0 aliphatic carbocycles. The van der Waals surface area contributed by atoms with Gasteiger partial charge in [-0.3, -0.25) is 4.79 Å². The molecule has 0 radical (unpaired) electrons. The molecule has 0 aliphatic rings. The van der Waals surface area contributed by atoms with Crippen molar-refractivity contribution in [1.29, 1.82) is 0 Å². The molecule has 5 nitrogen and oxygen atoms in total. The highest BCUT2D eigenvalue weighted by atomic mass is 35.5. The maximum Gasteiger partial charge on any atom is 0.237 e. The van der Waals surface area contributed by atoms with Crippen molar-refractivity contribution in [3.8, 4) is 22.5 Å². The van der Waals surface area contributed by atoms with Gasteiger partial charge in [0.05, 0.1) is 5.25 Å². The van der Waals surface area contributed by atoms with Crippen molar-refractivity contribution in [3.05, 3.63) is 90.0 Å². The SMILES string of the molecule is CC[C@H](Sc1nnc(-c2ccccc2)c(-c2ccccc2)n1)C(=O)Nc1cccc(Cl)c1. The standard InChI is InChI=1S/C25H21ClN4OS/c1-2-21(24(31)27-20-15-9-14-19(26)16-20)32-25-28-22(17-10-5-3-6-11-17)23(29-30-25)18-12-7-4-8-13-18/h3-16,21H,2H2,1H3,(H,27,31)/t21-/m0/s1. The van der Waals surface area contributed by atoms with Gasteiger partial charge in [-0.05, 0) is 24.6 Å². The van der Waals surface area contributed by atoms with Crippen LogP contribution in [0.15, 0.2) is 90.1 Å². The van der Waals surface area contributed by atoms with Crippen LogP contribution in [0.4, 0.5) is 5.69 Å².